The van der Waals surface area contributed by atoms with E-state index in [1.807, 2.05) is 12.1 Å². The van der Waals surface area contributed by atoms with Gasteiger partial charge < -0.3 is 5.11 Å². The zero-order valence-corrected chi connectivity index (χ0v) is 13.6. The van der Waals surface area contributed by atoms with E-state index in [0.29, 0.717) is 0 Å². The molecule has 1 aliphatic carbocycles. The molecule has 0 radical (unpaired) electrons. The lowest BCUT2D eigenvalue weighted by atomic mass is 9.81. The number of carboxylic acid groups (broad SMARTS) is 1. The molecule has 0 aromatic heterocycles. The van der Waals surface area contributed by atoms with Crippen molar-refractivity contribution in [3.05, 3.63) is 58.7 Å². The lowest BCUT2D eigenvalue weighted by Gasteiger charge is -2.22. The number of aryl methyl sites for hydroxylation is 1. The third kappa shape index (κ3) is 2.41. The maximum atomic E-state index is 11.1. The van der Waals surface area contributed by atoms with E-state index in [1.54, 1.807) is 0 Å². The van der Waals surface area contributed by atoms with Gasteiger partial charge in [0.15, 0.2) is 0 Å². The molecule has 1 aliphatic rings. The minimum atomic E-state index is -1.06. The number of carboxylic acids is 1. The lowest BCUT2D eigenvalue weighted by Crippen LogP contribution is -2.17. The average molecular weight is 305 g/mol. The molecule has 0 bridgehead atoms. The molecule has 3 rings (SSSR count). The number of nitriles is 1. The van der Waals surface area contributed by atoms with Gasteiger partial charge in [-0.25, -0.2) is 0 Å². The van der Waals surface area contributed by atoms with Crippen molar-refractivity contribution >= 4 is 5.97 Å². The van der Waals surface area contributed by atoms with E-state index >= 15 is 0 Å². The van der Waals surface area contributed by atoms with E-state index in [0.717, 1.165) is 5.56 Å². The van der Waals surface area contributed by atoms with Crippen LogP contribution in [0.4, 0.5) is 0 Å². The first-order valence-electron chi connectivity index (χ1n) is 7.72. The molecule has 1 unspecified atom stereocenters. The Morgan fingerprint density at radius 3 is 2.39 bits per heavy atom. The fourth-order valence-corrected chi connectivity index (χ4v) is 3.45. The van der Waals surface area contributed by atoms with Gasteiger partial charge in [-0.3, -0.25) is 4.79 Å². The molecule has 23 heavy (non-hydrogen) atoms. The molecule has 0 saturated carbocycles. The van der Waals surface area contributed by atoms with E-state index in [-0.39, 0.29) is 11.8 Å². The van der Waals surface area contributed by atoms with Crippen molar-refractivity contribution in [3.63, 3.8) is 0 Å². The molecule has 0 fully saturated rings. The highest BCUT2D eigenvalue weighted by Crippen LogP contribution is 2.49. The first kappa shape index (κ1) is 15.3. The van der Waals surface area contributed by atoms with Crippen molar-refractivity contribution in [2.24, 2.45) is 5.92 Å². The molecule has 1 atom stereocenters. The minimum Gasteiger partial charge on any atom is -0.480 e. The Labute approximate surface area is 136 Å². The fourth-order valence-electron chi connectivity index (χ4n) is 3.45. The van der Waals surface area contributed by atoms with Crippen LogP contribution in [0.2, 0.25) is 0 Å². The smallest absolute Gasteiger partial charge is 0.321 e. The summed E-state index contributed by atoms with van der Waals surface area (Å²) < 4.78 is 0. The molecule has 3 heteroatoms. The Hall–Kier alpha value is -2.60. The number of aliphatic carboxylic acids is 1. The Kier molecular flexibility index (Phi) is 3.49. The second-order valence-corrected chi connectivity index (χ2v) is 6.78. The molecule has 0 spiro atoms. The molecule has 0 saturated heterocycles. The van der Waals surface area contributed by atoms with Crippen LogP contribution in [0.25, 0.3) is 11.1 Å². The van der Waals surface area contributed by atoms with Crippen LogP contribution in [-0.4, -0.2) is 11.1 Å². The molecular formula is C20H19NO2. The van der Waals surface area contributed by atoms with Gasteiger partial charge in [0, 0.05) is 5.41 Å². The van der Waals surface area contributed by atoms with E-state index in [4.69, 9.17) is 10.4 Å². The quantitative estimate of drug-likeness (QED) is 0.930. The monoisotopic (exact) mass is 305 g/mol. The minimum absolute atomic E-state index is 0.113. The first-order chi connectivity index (χ1) is 10.8. The highest BCUT2D eigenvalue weighted by atomic mass is 16.4. The van der Waals surface area contributed by atoms with Gasteiger partial charge in [-0.15, -0.1) is 0 Å². The summed E-state index contributed by atoms with van der Waals surface area (Å²) >= 11 is 0. The number of rotatable bonds is 3. The van der Waals surface area contributed by atoms with Crippen LogP contribution in [-0.2, 0) is 16.6 Å². The number of carbonyl (C=O) groups is 1. The van der Waals surface area contributed by atoms with Gasteiger partial charge in [0.05, 0.1) is 6.07 Å². The second-order valence-electron chi connectivity index (χ2n) is 6.78. The molecule has 0 heterocycles. The highest BCUT2D eigenvalue weighted by Gasteiger charge is 2.35. The van der Waals surface area contributed by atoms with Gasteiger partial charge >= 0.3 is 5.97 Å². The normalized spacial score (nSPS) is 15.4. The van der Waals surface area contributed by atoms with Crippen LogP contribution in [0.3, 0.4) is 0 Å². The average Bonchev–Trinajstić information content (AvgIpc) is 2.72. The third-order valence-electron chi connectivity index (χ3n) is 4.79. The van der Waals surface area contributed by atoms with Crippen LogP contribution >= 0.6 is 0 Å². The van der Waals surface area contributed by atoms with Crippen molar-refractivity contribution in [2.45, 2.75) is 32.6 Å². The maximum absolute atomic E-state index is 11.1. The molecule has 116 valence electrons. The number of benzene rings is 2. The summed E-state index contributed by atoms with van der Waals surface area (Å²) in [7, 11) is 0. The van der Waals surface area contributed by atoms with Crippen LogP contribution in [0, 0.1) is 24.2 Å². The van der Waals surface area contributed by atoms with Gasteiger partial charge in [0.1, 0.15) is 5.92 Å². The van der Waals surface area contributed by atoms with E-state index in [1.165, 1.54) is 27.8 Å². The summed E-state index contributed by atoms with van der Waals surface area (Å²) in [6.45, 7) is 6.48. The summed E-state index contributed by atoms with van der Waals surface area (Å²) in [6.07, 6.45) is 0.241. The van der Waals surface area contributed by atoms with Crippen molar-refractivity contribution in [3.8, 4) is 17.2 Å². The SMILES string of the molecule is Cc1ccc2c(c1)C(C)(C)c1cc(CC(C#N)C(=O)O)ccc1-2. The van der Waals surface area contributed by atoms with Crippen molar-refractivity contribution in [1.82, 2.24) is 0 Å². The summed E-state index contributed by atoms with van der Waals surface area (Å²) in [5, 5.41) is 18.1. The lowest BCUT2D eigenvalue weighted by molar-refractivity contribution is -0.139. The predicted octanol–water partition coefficient (Wildman–Crippen LogP) is 4.07. The Morgan fingerprint density at radius 1 is 1.17 bits per heavy atom. The van der Waals surface area contributed by atoms with Gasteiger partial charge in [-0.05, 0) is 41.2 Å². The topological polar surface area (TPSA) is 61.1 Å². The summed E-state index contributed by atoms with van der Waals surface area (Å²) in [5.74, 6) is -2.06. The molecule has 0 aliphatic heterocycles. The van der Waals surface area contributed by atoms with E-state index in [9.17, 15) is 4.79 Å². The van der Waals surface area contributed by atoms with Gasteiger partial charge in [0.2, 0.25) is 0 Å². The zero-order valence-electron chi connectivity index (χ0n) is 13.6. The summed E-state index contributed by atoms with van der Waals surface area (Å²) in [6, 6.07) is 14.4. The van der Waals surface area contributed by atoms with Crippen LogP contribution in [0.1, 0.15) is 36.1 Å². The Morgan fingerprint density at radius 2 is 1.78 bits per heavy atom. The Balaban J connectivity index is 2.06. The highest BCUT2D eigenvalue weighted by molar-refractivity contribution is 5.81. The van der Waals surface area contributed by atoms with Crippen molar-refractivity contribution in [2.75, 3.05) is 0 Å². The molecule has 1 N–H and O–H groups in total. The van der Waals surface area contributed by atoms with Crippen LogP contribution in [0.15, 0.2) is 36.4 Å². The van der Waals surface area contributed by atoms with Crippen LogP contribution in [0.5, 0.6) is 0 Å². The standard InChI is InChI=1S/C20H19NO2/c1-12-4-6-15-16-7-5-13(9-14(11-21)19(22)23)10-18(16)20(2,3)17(15)8-12/h4-8,10,14H,9H2,1-3H3,(H,22,23). The number of hydrogen-bond acceptors (Lipinski definition) is 2. The second kappa shape index (κ2) is 5.24. The van der Waals surface area contributed by atoms with Gasteiger partial charge in [0.25, 0.3) is 0 Å². The Bertz CT molecular complexity index is 843. The largest absolute Gasteiger partial charge is 0.480 e. The zero-order chi connectivity index (χ0) is 16.8. The molecular weight excluding hydrogens is 286 g/mol. The number of nitrogens with zero attached hydrogens (tertiary/aromatic N) is 1. The van der Waals surface area contributed by atoms with E-state index in [2.05, 4.69) is 51.1 Å². The molecule has 2 aromatic carbocycles. The van der Waals surface area contributed by atoms with E-state index < -0.39 is 11.9 Å². The predicted molar refractivity (Wildman–Crippen MR) is 89.2 cm³/mol. The molecule has 0 amide bonds. The van der Waals surface area contributed by atoms with Gasteiger partial charge in [-0.2, -0.15) is 5.26 Å². The summed E-state index contributed by atoms with van der Waals surface area (Å²) in [5.41, 5.74) is 6.99. The molecule has 3 nitrogen and oxygen atoms in total. The third-order valence-corrected chi connectivity index (χ3v) is 4.79. The fraction of sp³-hybridized carbons (Fsp3) is 0.300. The summed E-state index contributed by atoms with van der Waals surface area (Å²) in [4.78, 5) is 11.1. The maximum Gasteiger partial charge on any atom is 0.321 e. The van der Waals surface area contributed by atoms with Crippen LogP contribution < -0.4 is 0 Å². The van der Waals surface area contributed by atoms with Crippen molar-refractivity contribution < 1.29 is 9.90 Å². The number of hydrogen-bond donors (Lipinski definition) is 1. The van der Waals surface area contributed by atoms with Gasteiger partial charge in [-0.1, -0.05) is 55.8 Å². The van der Waals surface area contributed by atoms with Crippen molar-refractivity contribution in [1.29, 1.82) is 5.26 Å². The first-order valence-corrected chi connectivity index (χ1v) is 7.72. The molecule has 2 aromatic rings. The number of fused-ring (bicyclic) bond motifs is 3.